The number of hydrogen-bond donors (Lipinski definition) is 1. The summed E-state index contributed by atoms with van der Waals surface area (Å²) in [5.74, 6) is 2.40. The third-order valence-corrected chi connectivity index (χ3v) is 4.01. The minimum absolute atomic E-state index is 0.260. The fraction of sp³-hybridized carbons (Fsp3) is 0.538. The molecule has 1 aliphatic heterocycles. The van der Waals surface area contributed by atoms with E-state index in [1.165, 1.54) is 0 Å². The Bertz CT molecular complexity index is 405. The Hall–Kier alpha value is -1.04. The second-order valence-electron chi connectivity index (χ2n) is 4.46. The van der Waals surface area contributed by atoms with Crippen LogP contribution in [-0.2, 0) is 0 Å². The lowest BCUT2D eigenvalue weighted by Crippen LogP contribution is -2.26. The zero-order chi connectivity index (χ0) is 13.7. The highest BCUT2D eigenvalue weighted by Gasteiger charge is 2.29. The molecule has 1 atom stereocenters. The summed E-state index contributed by atoms with van der Waals surface area (Å²) in [6.45, 7) is -1.26. The number of para-hydroxylation sites is 2. The van der Waals surface area contributed by atoms with Gasteiger partial charge in [0.2, 0.25) is 0 Å². The van der Waals surface area contributed by atoms with Gasteiger partial charge in [0.05, 0.1) is 5.69 Å². The van der Waals surface area contributed by atoms with Gasteiger partial charge in [0.15, 0.2) is 6.61 Å². The van der Waals surface area contributed by atoms with Crippen molar-refractivity contribution in [1.29, 1.82) is 0 Å². The summed E-state index contributed by atoms with van der Waals surface area (Å²) in [4.78, 5) is 0. The van der Waals surface area contributed by atoms with Crippen LogP contribution < -0.4 is 10.1 Å². The van der Waals surface area contributed by atoms with E-state index in [2.05, 4.69) is 5.32 Å². The summed E-state index contributed by atoms with van der Waals surface area (Å²) in [6.07, 6.45) is -2.14. The van der Waals surface area contributed by atoms with Gasteiger partial charge in [-0.05, 0) is 30.7 Å². The smallest absolute Gasteiger partial charge is 0.422 e. The van der Waals surface area contributed by atoms with Crippen LogP contribution in [0.4, 0.5) is 18.9 Å². The third kappa shape index (κ3) is 4.86. The van der Waals surface area contributed by atoms with Gasteiger partial charge in [-0.3, -0.25) is 0 Å². The topological polar surface area (TPSA) is 21.3 Å². The minimum Gasteiger partial charge on any atom is -0.482 e. The average Bonchev–Trinajstić information content (AvgIpc) is 2.38. The summed E-state index contributed by atoms with van der Waals surface area (Å²) in [6, 6.07) is 7.08. The molecule has 6 heteroatoms. The SMILES string of the molecule is FC(F)(F)COc1ccccc1NC1CCCSC1. The number of benzene rings is 1. The quantitative estimate of drug-likeness (QED) is 0.908. The first-order valence-electron chi connectivity index (χ1n) is 6.17. The molecule has 2 nitrogen and oxygen atoms in total. The van der Waals surface area contributed by atoms with Crippen molar-refractivity contribution in [1.82, 2.24) is 0 Å². The molecule has 0 spiro atoms. The van der Waals surface area contributed by atoms with Crippen molar-refractivity contribution in [2.45, 2.75) is 25.1 Å². The maximum Gasteiger partial charge on any atom is 0.422 e. The maximum atomic E-state index is 12.2. The van der Waals surface area contributed by atoms with Gasteiger partial charge in [-0.2, -0.15) is 24.9 Å². The van der Waals surface area contributed by atoms with Gasteiger partial charge >= 0.3 is 6.18 Å². The molecular formula is C13H16F3NOS. The normalized spacial score (nSPS) is 20.1. The molecule has 0 amide bonds. The van der Waals surface area contributed by atoms with E-state index >= 15 is 0 Å². The second-order valence-corrected chi connectivity index (χ2v) is 5.61. The Kier molecular flexibility index (Phi) is 4.85. The van der Waals surface area contributed by atoms with Crippen LogP contribution in [0.3, 0.4) is 0 Å². The van der Waals surface area contributed by atoms with Crippen LogP contribution in [0.1, 0.15) is 12.8 Å². The Balaban J connectivity index is 1.99. The lowest BCUT2D eigenvalue weighted by atomic mass is 10.1. The van der Waals surface area contributed by atoms with Gasteiger partial charge in [0, 0.05) is 11.8 Å². The van der Waals surface area contributed by atoms with Crippen molar-refractivity contribution in [3.63, 3.8) is 0 Å². The largest absolute Gasteiger partial charge is 0.482 e. The molecule has 0 saturated carbocycles. The monoisotopic (exact) mass is 291 g/mol. The Morgan fingerprint density at radius 2 is 2.11 bits per heavy atom. The second kappa shape index (κ2) is 6.41. The van der Waals surface area contributed by atoms with E-state index in [0.29, 0.717) is 11.7 Å². The first-order valence-corrected chi connectivity index (χ1v) is 7.33. The van der Waals surface area contributed by atoms with Gasteiger partial charge in [-0.1, -0.05) is 12.1 Å². The van der Waals surface area contributed by atoms with Gasteiger partial charge < -0.3 is 10.1 Å². The third-order valence-electron chi connectivity index (χ3n) is 2.80. The zero-order valence-corrected chi connectivity index (χ0v) is 11.2. The Labute approximate surface area is 114 Å². The first-order chi connectivity index (χ1) is 9.04. The first kappa shape index (κ1) is 14.4. The van der Waals surface area contributed by atoms with E-state index < -0.39 is 12.8 Å². The van der Waals surface area contributed by atoms with Crippen LogP contribution in [0.2, 0.25) is 0 Å². The summed E-state index contributed by atoms with van der Waals surface area (Å²) in [5, 5.41) is 3.27. The van der Waals surface area contributed by atoms with Crippen LogP contribution >= 0.6 is 11.8 Å². The number of alkyl halides is 3. The summed E-state index contributed by atoms with van der Waals surface area (Å²) in [5.41, 5.74) is 0.638. The summed E-state index contributed by atoms with van der Waals surface area (Å²) < 4.78 is 41.4. The lowest BCUT2D eigenvalue weighted by Gasteiger charge is -2.24. The molecule has 1 saturated heterocycles. The fourth-order valence-electron chi connectivity index (χ4n) is 1.95. The van der Waals surface area contributed by atoms with E-state index in [9.17, 15) is 13.2 Å². The molecule has 0 bridgehead atoms. The van der Waals surface area contributed by atoms with Crippen molar-refractivity contribution in [2.75, 3.05) is 23.4 Å². The van der Waals surface area contributed by atoms with E-state index in [-0.39, 0.29) is 5.75 Å². The molecule has 0 aromatic heterocycles. The van der Waals surface area contributed by atoms with Crippen LogP contribution in [0, 0.1) is 0 Å². The van der Waals surface area contributed by atoms with Gasteiger partial charge in [0.25, 0.3) is 0 Å². The van der Waals surface area contributed by atoms with Crippen molar-refractivity contribution >= 4 is 17.4 Å². The molecule has 19 heavy (non-hydrogen) atoms. The van der Waals surface area contributed by atoms with Crippen molar-refractivity contribution in [3.05, 3.63) is 24.3 Å². The van der Waals surface area contributed by atoms with E-state index in [0.717, 1.165) is 24.3 Å². The molecular weight excluding hydrogens is 275 g/mol. The van der Waals surface area contributed by atoms with Crippen LogP contribution in [0.25, 0.3) is 0 Å². The number of anilines is 1. The molecule has 0 aliphatic carbocycles. The highest BCUT2D eigenvalue weighted by molar-refractivity contribution is 7.99. The number of rotatable bonds is 4. The Morgan fingerprint density at radius 3 is 2.79 bits per heavy atom. The Morgan fingerprint density at radius 1 is 1.32 bits per heavy atom. The fourth-order valence-corrected chi connectivity index (χ4v) is 3.02. The van der Waals surface area contributed by atoms with E-state index in [1.807, 2.05) is 11.8 Å². The van der Waals surface area contributed by atoms with Crippen LogP contribution in [0.5, 0.6) is 5.75 Å². The van der Waals surface area contributed by atoms with Crippen LogP contribution in [0.15, 0.2) is 24.3 Å². The van der Waals surface area contributed by atoms with Crippen LogP contribution in [-0.4, -0.2) is 30.3 Å². The maximum absolute atomic E-state index is 12.2. The number of nitrogens with one attached hydrogen (secondary N) is 1. The number of halogens is 3. The van der Waals surface area contributed by atoms with Crippen molar-refractivity contribution < 1.29 is 17.9 Å². The van der Waals surface area contributed by atoms with Gasteiger partial charge in [0.1, 0.15) is 5.75 Å². The number of hydrogen-bond acceptors (Lipinski definition) is 3. The number of thioether (sulfide) groups is 1. The van der Waals surface area contributed by atoms with E-state index in [1.54, 1.807) is 24.3 Å². The zero-order valence-electron chi connectivity index (χ0n) is 10.4. The highest BCUT2D eigenvalue weighted by Crippen LogP contribution is 2.29. The number of ether oxygens (including phenoxy) is 1. The molecule has 1 fully saturated rings. The molecule has 106 valence electrons. The average molecular weight is 291 g/mol. The van der Waals surface area contributed by atoms with Gasteiger partial charge in [-0.25, -0.2) is 0 Å². The van der Waals surface area contributed by atoms with Crippen molar-refractivity contribution in [3.8, 4) is 5.75 Å². The molecule has 2 rings (SSSR count). The minimum atomic E-state index is -4.31. The summed E-state index contributed by atoms with van der Waals surface area (Å²) >= 11 is 1.86. The van der Waals surface area contributed by atoms with Crippen molar-refractivity contribution in [2.24, 2.45) is 0 Å². The molecule has 1 heterocycles. The molecule has 1 aromatic carbocycles. The molecule has 1 aliphatic rings. The lowest BCUT2D eigenvalue weighted by molar-refractivity contribution is -0.153. The molecule has 1 aromatic rings. The predicted molar refractivity (Wildman–Crippen MR) is 72.0 cm³/mol. The molecule has 1 N–H and O–H groups in total. The van der Waals surface area contributed by atoms with E-state index in [4.69, 9.17) is 4.74 Å². The standard InChI is InChI=1S/C13H16F3NOS/c14-13(15,16)9-18-12-6-2-1-5-11(12)17-10-4-3-7-19-8-10/h1-2,5-6,10,17H,3-4,7-9H2. The molecule has 1 unspecified atom stereocenters. The highest BCUT2D eigenvalue weighted by atomic mass is 32.2. The molecule has 0 radical (unpaired) electrons. The summed E-state index contributed by atoms with van der Waals surface area (Å²) in [7, 11) is 0. The predicted octanol–water partition coefficient (Wildman–Crippen LogP) is 3.94. The van der Waals surface area contributed by atoms with Gasteiger partial charge in [-0.15, -0.1) is 0 Å².